The molecule has 0 aromatic heterocycles. The first kappa shape index (κ1) is 12.4. The summed E-state index contributed by atoms with van der Waals surface area (Å²) in [7, 11) is 0. The quantitative estimate of drug-likeness (QED) is 0.774. The summed E-state index contributed by atoms with van der Waals surface area (Å²) in [6, 6.07) is 6.10. The van der Waals surface area contributed by atoms with Gasteiger partial charge in [-0.3, -0.25) is 4.79 Å². The molecule has 4 heteroatoms. The van der Waals surface area contributed by atoms with E-state index in [2.05, 4.69) is 0 Å². The van der Waals surface area contributed by atoms with Crippen LogP contribution in [0.5, 0.6) is 0 Å². The molecule has 0 radical (unpaired) electrons. The highest BCUT2D eigenvalue weighted by Gasteiger charge is 2.24. The fraction of sp³-hybridized carbons (Fsp3) is 0.0625. The molecule has 0 atom stereocenters. The Hall–Kier alpha value is -2.62. The van der Waals surface area contributed by atoms with Gasteiger partial charge in [0.15, 0.2) is 17.3 Å². The van der Waals surface area contributed by atoms with Crippen molar-refractivity contribution in [2.24, 2.45) is 0 Å². The average Bonchev–Trinajstić information content (AvgIpc) is 2.88. The van der Waals surface area contributed by atoms with E-state index in [1.54, 1.807) is 36.4 Å². The van der Waals surface area contributed by atoms with Gasteiger partial charge < -0.3 is 9.47 Å². The zero-order valence-electron chi connectivity index (χ0n) is 10.5. The normalized spacial score (nSPS) is 19.4. The smallest absolute Gasteiger partial charge is 0.231 e. The van der Waals surface area contributed by atoms with Crippen LogP contribution in [0.3, 0.4) is 0 Å². The van der Waals surface area contributed by atoms with Gasteiger partial charge >= 0.3 is 0 Å². The summed E-state index contributed by atoms with van der Waals surface area (Å²) in [5.41, 5.74) is 1.38. The second-order valence-corrected chi connectivity index (χ2v) is 4.32. The molecule has 3 nitrogen and oxygen atoms in total. The third-order valence-electron chi connectivity index (χ3n) is 2.94. The van der Waals surface area contributed by atoms with E-state index < -0.39 is 0 Å². The maximum atomic E-state index is 12.8. The fourth-order valence-electron chi connectivity index (χ4n) is 1.91. The van der Waals surface area contributed by atoms with Gasteiger partial charge in [-0.05, 0) is 23.8 Å². The van der Waals surface area contributed by atoms with Gasteiger partial charge in [-0.1, -0.05) is 30.4 Å². The Kier molecular flexibility index (Phi) is 3.21. The Morgan fingerprint density at radius 1 is 1.05 bits per heavy atom. The number of hydrogen-bond donors (Lipinski definition) is 0. The number of allylic oxidation sites excluding steroid dienone is 5. The Morgan fingerprint density at radius 2 is 1.75 bits per heavy atom. The van der Waals surface area contributed by atoms with Gasteiger partial charge in [-0.2, -0.15) is 0 Å². The molecule has 1 aliphatic carbocycles. The SMILES string of the molecule is O=C1C=C2OCOC2=C/C1=C/C=C/c1ccc(F)cc1. The van der Waals surface area contributed by atoms with Gasteiger partial charge in [0.2, 0.25) is 6.79 Å². The van der Waals surface area contributed by atoms with Crippen molar-refractivity contribution in [3.63, 3.8) is 0 Å². The molecule has 0 unspecified atom stereocenters. The Labute approximate surface area is 115 Å². The molecular formula is C16H11FO3. The van der Waals surface area contributed by atoms with Crippen molar-refractivity contribution in [1.29, 1.82) is 0 Å². The number of fused-ring (bicyclic) bond motifs is 1. The molecule has 1 aromatic rings. The van der Waals surface area contributed by atoms with Crippen molar-refractivity contribution in [3.8, 4) is 0 Å². The van der Waals surface area contributed by atoms with Crippen molar-refractivity contribution in [2.75, 3.05) is 6.79 Å². The standard InChI is InChI=1S/C16H11FO3/c17-13-6-4-11(5-7-13)2-1-3-12-8-15-16(9-14(12)18)20-10-19-15/h1-9H,10H2/b2-1+,12-3-. The fourth-order valence-corrected chi connectivity index (χ4v) is 1.91. The number of ketones is 1. The van der Waals surface area contributed by atoms with E-state index >= 15 is 0 Å². The Balaban J connectivity index is 1.78. The first-order valence-electron chi connectivity index (χ1n) is 6.10. The minimum absolute atomic E-state index is 0.127. The lowest BCUT2D eigenvalue weighted by Crippen LogP contribution is -2.04. The topological polar surface area (TPSA) is 35.5 Å². The summed E-state index contributed by atoms with van der Waals surface area (Å²) in [5, 5.41) is 0. The first-order valence-corrected chi connectivity index (χ1v) is 6.10. The van der Waals surface area contributed by atoms with Crippen LogP contribution in [0.25, 0.3) is 6.08 Å². The highest BCUT2D eigenvalue weighted by molar-refractivity contribution is 6.08. The van der Waals surface area contributed by atoms with Crippen LogP contribution >= 0.6 is 0 Å². The monoisotopic (exact) mass is 270 g/mol. The zero-order chi connectivity index (χ0) is 13.9. The second-order valence-electron chi connectivity index (χ2n) is 4.32. The summed E-state index contributed by atoms with van der Waals surface area (Å²) in [4.78, 5) is 11.8. The van der Waals surface area contributed by atoms with Crippen molar-refractivity contribution >= 4 is 11.9 Å². The molecule has 1 aromatic carbocycles. The molecule has 1 fully saturated rings. The molecule has 0 amide bonds. The third kappa shape index (κ3) is 2.54. The number of carbonyl (C=O) groups excluding carboxylic acids is 1. The van der Waals surface area contributed by atoms with Crippen LogP contribution in [0.4, 0.5) is 4.39 Å². The number of carbonyl (C=O) groups is 1. The number of ether oxygens (including phenoxy) is 2. The lowest BCUT2D eigenvalue weighted by atomic mass is 10.0. The summed E-state index contributed by atoms with van der Waals surface area (Å²) < 4.78 is 23.1. The largest absolute Gasteiger partial charge is 0.454 e. The predicted molar refractivity (Wildman–Crippen MR) is 71.7 cm³/mol. The summed E-state index contributed by atoms with van der Waals surface area (Å²) in [6.45, 7) is 0.143. The molecule has 1 saturated heterocycles. The minimum Gasteiger partial charge on any atom is -0.454 e. The molecule has 3 rings (SSSR count). The molecule has 1 aliphatic heterocycles. The van der Waals surface area contributed by atoms with Crippen LogP contribution in [0.1, 0.15) is 5.56 Å². The lowest BCUT2D eigenvalue weighted by molar-refractivity contribution is -0.111. The molecular weight excluding hydrogens is 259 g/mol. The third-order valence-corrected chi connectivity index (χ3v) is 2.94. The van der Waals surface area contributed by atoms with E-state index in [-0.39, 0.29) is 18.4 Å². The van der Waals surface area contributed by atoms with E-state index in [1.165, 1.54) is 18.2 Å². The molecule has 1 heterocycles. The Bertz CT molecular complexity index is 663. The van der Waals surface area contributed by atoms with Crippen LogP contribution < -0.4 is 0 Å². The van der Waals surface area contributed by atoms with Gasteiger partial charge in [0, 0.05) is 11.6 Å². The number of benzene rings is 1. The molecule has 0 spiro atoms. The van der Waals surface area contributed by atoms with Crippen LogP contribution in [0.2, 0.25) is 0 Å². The molecule has 0 saturated carbocycles. The zero-order valence-corrected chi connectivity index (χ0v) is 10.5. The summed E-state index contributed by atoms with van der Waals surface area (Å²) >= 11 is 0. The lowest BCUT2D eigenvalue weighted by Gasteiger charge is -2.05. The molecule has 0 N–H and O–H groups in total. The number of rotatable bonds is 2. The Morgan fingerprint density at radius 3 is 2.50 bits per heavy atom. The second kappa shape index (κ2) is 5.17. The van der Waals surface area contributed by atoms with Gasteiger partial charge in [0.05, 0.1) is 0 Å². The molecule has 0 bridgehead atoms. The van der Waals surface area contributed by atoms with Gasteiger partial charge in [-0.25, -0.2) is 4.39 Å². The number of hydrogen-bond acceptors (Lipinski definition) is 3. The van der Waals surface area contributed by atoms with E-state index in [0.29, 0.717) is 17.1 Å². The van der Waals surface area contributed by atoms with Gasteiger partial charge in [0.25, 0.3) is 0 Å². The first-order chi connectivity index (χ1) is 9.72. The van der Waals surface area contributed by atoms with Crippen molar-refractivity contribution in [3.05, 3.63) is 77.0 Å². The molecule has 2 aliphatic rings. The highest BCUT2D eigenvalue weighted by Crippen LogP contribution is 2.27. The number of halogens is 1. The van der Waals surface area contributed by atoms with E-state index in [9.17, 15) is 9.18 Å². The van der Waals surface area contributed by atoms with Crippen molar-refractivity contribution in [1.82, 2.24) is 0 Å². The van der Waals surface area contributed by atoms with Crippen molar-refractivity contribution < 1.29 is 18.7 Å². The summed E-state index contributed by atoms with van der Waals surface area (Å²) in [5.74, 6) is 0.655. The van der Waals surface area contributed by atoms with E-state index in [4.69, 9.17) is 9.47 Å². The van der Waals surface area contributed by atoms with E-state index in [1.807, 2.05) is 0 Å². The highest BCUT2D eigenvalue weighted by atomic mass is 19.1. The van der Waals surface area contributed by atoms with Gasteiger partial charge in [0.1, 0.15) is 5.82 Å². The van der Waals surface area contributed by atoms with Gasteiger partial charge in [-0.15, -0.1) is 0 Å². The van der Waals surface area contributed by atoms with Crippen LogP contribution in [-0.2, 0) is 14.3 Å². The maximum absolute atomic E-state index is 12.8. The summed E-state index contributed by atoms with van der Waals surface area (Å²) in [6.07, 6.45) is 8.29. The van der Waals surface area contributed by atoms with Crippen LogP contribution in [0, 0.1) is 5.82 Å². The van der Waals surface area contributed by atoms with Crippen LogP contribution in [-0.4, -0.2) is 12.6 Å². The van der Waals surface area contributed by atoms with Crippen LogP contribution in [0.15, 0.2) is 65.7 Å². The van der Waals surface area contributed by atoms with E-state index in [0.717, 1.165) is 5.56 Å². The maximum Gasteiger partial charge on any atom is 0.231 e. The molecule has 20 heavy (non-hydrogen) atoms. The minimum atomic E-state index is -0.274. The average molecular weight is 270 g/mol. The molecule has 100 valence electrons. The predicted octanol–water partition coefficient (Wildman–Crippen LogP) is 3.12. The van der Waals surface area contributed by atoms with Crippen molar-refractivity contribution in [2.45, 2.75) is 0 Å².